The van der Waals surface area contributed by atoms with Gasteiger partial charge >= 0.3 is 6.18 Å². The number of carbonyl (C=O) groups excluding carboxylic acids is 1. The second kappa shape index (κ2) is 7.76. The van der Waals surface area contributed by atoms with Gasteiger partial charge in [0.1, 0.15) is 11.5 Å². The van der Waals surface area contributed by atoms with E-state index in [0.717, 1.165) is 6.07 Å². The summed E-state index contributed by atoms with van der Waals surface area (Å²) in [5.41, 5.74) is -0.937. The maximum atomic E-state index is 12.7. The molecule has 0 radical (unpaired) electrons. The van der Waals surface area contributed by atoms with Gasteiger partial charge in [0.05, 0.1) is 6.54 Å². The third-order valence-electron chi connectivity index (χ3n) is 3.89. The molecule has 0 unspecified atom stereocenters. The molecule has 1 N–H and O–H groups in total. The summed E-state index contributed by atoms with van der Waals surface area (Å²) in [6, 6.07) is 3.75. The van der Waals surface area contributed by atoms with E-state index in [1.54, 1.807) is 4.90 Å². The Kier molecular flexibility index (Phi) is 5.95. The van der Waals surface area contributed by atoms with Gasteiger partial charge in [0.15, 0.2) is 0 Å². The number of hydrogen-bond acceptors (Lipinski definition) is 3. The van der Waals surface area contributed by atoms with Crippen LogP contribution in [0.25, 0.3) is 0 Å². The van der Waals surface area contributed by atoms with Crippen LogP contribution < -0.4 is 10.2 Å². The molecule has 0 saturated carbocycles. The third-order valence-corrected chi connectivity index (χ3v) is 3.89. The van der Waals surface area contributed by atoms with Crippen LogP contribution in [0.2, 0.25) is 0 Å². The second-order valence-corrected chi connectivity index (χ2v) is 5.71. The molecule has 24 heavy (non-hydrogen) atoms. The lowest BCUT2D eigenvalue weighted by molar-refractivity contribution is -0.141. The Balaban J connectivity index is 1.86. The van der Waals surface area contributed by atoms with Crippen LogP contribution in [-0.2, 0) is 11.0 Å². The van der Waals surface area contributed by atoms with Crippen LogP contribution in [0.4, 0.5) is 27.8 Å². The van der Waals surface area contributed by atoms with Gasteiger partial charge in [0.2, 0.25) is 5.91 Å². The lowest BCUT2D eigenvalue weighted by atomic mass is 9.93. The first-order valence-electron chi connectivity index (χ1n) is 7.59. The highest BCUT2D eigenvalue weighted by atomic mass is 19.4. The number of nitrogens with zero attached hydrogens (tertiary/aromatic N) is 2. The summed E-state index contributed by atoms with van der Waals surface area (Å²) in [7, 11) is 0. The first-order chi connectivity index (χ1) is 11.3. The van der Waals surface area contributed by atoms with Crippen molar-refractivity contribution in [3.8, 4) is 0 Å². The molecule has 1 aliphatic rings. The summed E-state index contributed by atoms with van der Waals surface area (Å²) < 4.78 is 62.1. The van der Waals surface area contributed by atoms with Crippen LogP contribution in [0.3, 0.4) is 0 Å². The van der Waals surface area contributed by atoms with Gasteiger partial charge in [-0.3, -0.25) is 4.79 Å². The maximum absolute atomic E-state index is 12.7. The molecule has 9 heteroatoms. The quantitative estimate of drug-likeness (QED) is 0.830. The predicted molar refractivity (Wildman–Crippen MR) is 77.8 cm³/mol. The van der Waals surface area contributed by atoms with E-state index in [-0.39, 0.29) is 18.2 Å². The number of aromatic nitrogens is 1. The topological polar surface area (TPSA) is 45.2 Å². The summed E-state index contributed by atoms with van der Waals surface area (Å²) in [5.74, 6) is -0.138. The molecule has 0 aliphatic carbocycles. The van der Waals surface area contributed by atoms with Crippen molar-refractivity contribution >= 4 is 11.7 Å². The Hall–Kier alpha value is -1.93. The van der Waals surface area contributed by atoms with Crippen molar-refractivity contribution in [2.24, 2.45) is 5.92 Å². The maximum Gasteiger partial charge on any atom is 0.433 e. The van der Waals surface area contributed by atoms with Gasteiger partial charge in [-0.1, -0.05) is 6.07 Å². The number of rotatable bonds is 5. The van der Waals surface area contributed by atoms with E-state index < -0.39 is 30.7 Å². The van der Waals surface area contributed by atoms with E-state index in [1.165, 1.54) is 12.1 Å². The fraction of sp³-hybridized carbons (Fsp3) is 0.600. The smallest absolute Gasteiger partial charge is 0.357 e. The molecule has 1 amide bonds. The molecule has 1 fully saturated rings. The van der Waals surface area contributed by atoms with Gasteiger partial charge in [-0.15, -0.1) is 0 Å². The number of hydrogen-bond donors (Lipinski definition) is 1. The highest BCUT2D eigenvalue weighted by Crippen LogP contribution is 2.30. The molecule has 0 atom stereocenters. The van der Waals surface area contributed by atoms with Crippen LogP contribution in [0, 0.1) is 5.92 Å². The molecule has 1 aliphatic heterocycles. The zero-order valence-corrected chi connectivity index (χ0v) is 12.8. The first-order valence-corrected chi connectivity index (χ1v) is 7.59. The summed E-state index contributed by atoms with van der Waals surface area (Å²) >= 11 is 0. The number of nitrogens with one attached hydrogen (secondary N) is 1. The van der Waals surface area contributed by atoms with Crippen molar-refractivity contribution in [1.82, 2.24) is 10.3 Å². The zero-order chi connectivity index (χ0) is 17.7. The minimum Gasteiger partial charge on any atom is -0.357 e. The molecule has 2 rings (SSSR count). The Morgan fingerprint density at radius 2 is 1.96 bits per heavy atom. The van der Waals surface area contributed by atoms with Crippen LogP contribution in [0.1, 0.15) is 25.0 Å². The number of carbonyl (C=O) groups is 1. The molecule has 1 aromatic rings. The minimum atomic E-state index is -4.49. The Bertz CT molecular complexity index is 556. The SMILES string of the molecule is O=C(CC1CCN(c2cccc(C(F)(F)F)n2)CC1)NCC(F)F. The lowest BCUT2D eigenvalue weighted by Gasteiger charge is -2.32. The van der Waals surface area contributed by atoms with E-state index in [0.29, 0.717) is 25.9 Å². The van der Waals surface area contributed by atoms with Gasteiger partial charge in [0.25, 0.3) is 6.43 Å². The molecular formula is C15H18F5N3O. The number of alkyl halides is 5. The molecule has 4 nitrogen and oxygen atoms in total. The number of anilines is 1. The molecule has 0 spiro atoms. The number of pyridine rings is 1. The highest BCUT2D eigenvalue weighted by Gasteiger charge is 2.33. The van der Waals surface area contributed by atoms with E-state index in [2.05, 4.69) is 10.3 Å². The summed E-state index contributed by atoms with van der Waals surface area (Å²) in [5, 5.41) is 2.16. The molecule has 1 saturated heterocycles. The van der Waals surface area contributed by atoms with Crippen LogP contribution in [-0.4, -0.2) is 37.0 Å². The molecule has 2 heterocycles. The Morgan fingerprint density at radius 3 is 2.54 bits per heavy atom. The summed E-state index contributed by atoms with van der Waals surface area (Å²) in [4.78, 5) is 16.9. The van der Waals surface area contributed by atoms with Crippen molar-refractivity contribution in [3.05, 3.63) is 23.9 Å². The fourth-order valence-corrected chi connectivity index (χ4v) is 2.65. The fourth-order valence-electron chi connectivity index (χ4n) is 2.65. The largest absolute Gasteiger partial charge is 0.433 e. The van der Waals surface area contributed by atoms with Crippen LogP contribution >= 0.6 is 0 Å². The molecule has 1 aromatic heterocycles. The molecule has 134 valence electrons. The van der Waals surface area contributed by atoms with Gasteiger partial charge in [-0.25, -0.2) is 13.8 Å². The second-order valence-electron chi connectivity index (χ2n) is 5.71. The van der Waals surface area contributed by atoms with Gasteiger partial charge < -0.3 is 10.2 Å². The van der Waals surface area contributed by atoms with Crippen molar-refractivity contribution in [1.29, 1.82) is 0 Å². The Labute approximate surface area is 136 Å². The van der Waals surface area contributed by atoms with E-state index in [4.69, 9.17) is 0 Å². The summed E-state index contributed by atoms with van der Waals surface area (Å²) in [6.45, 7) is 0.286. The third kappa shape index (κ3) is 5.31. The first kappa shape index (κ1) is 18.4. The normalized spacial score (nSPS) is 16.5. The summed E-state index contributed by atoms with van der Waals surface area (Å²) in [6.07, 6.45) is -5.73. The van der Waals surface area contributed by atoms with Crippen molar-refractivity contribution in [2.45, 2.75) is 31.9 Å². The molecule has 0 bridgehead atoms. The Morgan fingerprint density at radius 1 is 1.29 bits per heavy atom. The van der Waals surface area contributed by atoms with E-state index >= 15 is 0 Å². The van der Waals surface area contributed by atoms with Crippen LogP contribution in [0.5, 0.6) is 0 Å². The number of halogens is 5. The van der Waals surface area contributed by atoms with Gasteiger partial charge in [-0.2, -0.15) is 13.2 Å². The van der Waals surface area contributed by atoms with Crippen molar-refractivity contribution in [3.63, 3.8) is 0 Å². The number of amides is 1. The standard InChI is InChI=1S/C15H18F5N3O/c16-12(17)9-21-14(24)8-10-4-6-23(7-5-10)13-3-1-2-11(22-13)15(18,19)20/h1-3,10,12H,4-9H2,(H,21,24). The van der Waals surface area contributed by atoms with E-state index in [1.807, 2.05) is 0 Å². The lowest BCUT2D eigenvalue weighted by Crippen LogP contribution is -2.37. The van der Waals surface area contributed by atoms with Crippen molar-refractivity contribution < 1.29 is 26.7 Å². The average molecular weight is 351 g/mol. The zero-order valence-electron chi connectivity index (χ0n) is 12.8. The van der Waals surface area contributed by atoms with Crippen molar-refractivity contribution in [2.75, 3.05) is 24.5 Å². The average Bonchev–Trinajstić information content (AvgIpc) is 2.53. The monoisotopic (exact) mass is 351 g/mol. The van der Waals surface area contributed by atoms with Gasteiger partial charge in [-0.05, 0) is 30.9 Å². The molecule has 0 aromatic carbocycles. The molecular weight excluding hydrogens is 333 g/mol. The van der Waals surface area contributed by atoms with Gasteiger partial charge in [0, 0.05) is 19.5 Å². The minimum absolute atomic E-state index is 0.0321. The highest BCUT2D eigenvalue weighted by molar-refractivity contribution is 5.76. The van der Waals surface area contributed by atoms with Crippen LogP contribution in [0.15, 0.2) is 18.2 Å². The van der Waals surface area contributed by atoms with E-state index in [9.17, 15) is 26.7 Å². The number of piperidine rings is 1. The predicted octanol–water partition coefficient (Wildman–Crippen LogP) is 3.09.